The van der Waals surface area contributed by atoms with Gasteiger partial charge in [0.25, 0.3) is 0 Å². The second-order valence-corrected chi connectivity index (χ2v) is 3.86. The molecular weight excluding hydrogens is 176 g/mol. The Morgan fingerprint density at radius 3 is 2.71 bits per heavy atom. The smallest absolute Gasteiger partial charge is 0.0607 e. The molecule has 0 spiro atoms. The van der Waals surface area contributed by atoms with E-state index in [-0.39, 0.29) is 6.10 Å². The van der Waals surface area contributed by atoms with Crippen molar-refractivity contribution in [3.05, 3.63) is 18.0 Å². The Morgan fingerprint density at radius 1 is 1.50 bits per heavy atom. The number of aryl methyl sites for hydroxylation is 1. The Kier molecular flexibility index (Phi) is 4.14. The first-order chi connectivity index (χ1) is 6.67. The van der Waals surface area contributed by atoms with Crippen molar-refractivity contribution >= 4 is 0 Å². The second-order valence-electron chi connectivity index (χ2n) is 3.86. The highest BCUT2D eigenvalue weighted by atomic mass is 16.3. The molecule has 0 aliphatic heterocycles. The lowest BCUT2D eigenvalue weighted by molar-refractivity contribution is 0.115. The molecule has 3 nitrogen and oxygen atoms in total. The first-order valence-electron chi connectivity index (χ1n) is 5.36. The summed E-state index contributed by atoms with van der Waals surface area (Å²) in [7, 11) is 0. The zero-order chi connectivity index (χ0) is 10.6. The van der Waals surface area contributed by atoms with Crippen molar-refractivity contribution in [1.82, 2.24) is 9.78 Å². The Hall–Kier alpha value is -0.830. The second kappa shape index (κ2) is 5.15. The summed E-state index contributed by atoms with van der Waals surface area (Å²) >= 11 is 0. The van der Waals surface area contributed by atoms with Crippen LogP contribution in [0.4, 0.5) is 0 Å². The zero-order valence-corrected chi connectivity index (χ0v) is 9.27. The normalized spacial score (nSPS) is 15.4. The number of aliphatic hydroxyl groups is 1. The monoisotopic (exact) mass is 196 g/mol. The highest BCUT2D eigenvalue weighted by Gasteiger charge is 2.13. The molecule has 0 fully saturated rings. The molecule has 0 saturated heterocycles. The van der Waals surface area contributed by atoms with Crippen molar-refractivity contribution < 1.29 is 5.11 Å². The van der Waals surface area contributed by atoms with E-state index in [1.54, 1.807) is 0 Å². The maximum Gasteiger partial charge on any atom is 0.0607 e. The summed E-state index contributed by atoms with van der Waals surface area (Å²) in [6, 6.07) is 0. The predicted molar refractivity (Wildman–Crippen MR) is 57.1 cm³/mol. The van der Waals surface area contributed by atoms with Gasteiger partial charge < -0.3 is 5.11 Å². The number of aromatic nitrogens is 2. The van der Waals surface area contributed by atoms with E-state index in [0.29, 0.717) is 5.92 Å². The summed E-state index contributed by atoms with van der Waals surface area (Å²) in [5, 5.41) is 14.0. The lowest BCUT2D eigenvalue weighted by Crippen LogP contribution is -2.19. The molecule has 0 saturated carbocycles. The molecule has 80 valence electrons. The van der Waals surface area contributed by atoms with Crippen LogP contribution in [-0.2, 0) is 13.0 Å². The van der Waals surface area contributed by atoms with E-state index in [9.17, 15) is 5.11 Å². The van der Waals surface area contributed by atoms with Gasteiger partial charge in [0, 0.05) is 19.2 Å². The van der Waals surface area contributed by atoms with Gasteiger partial charge in [-0.05, 0) is 18.4 Å². The van der Waals surface area contributed by atoms with Gasteiger partial charge in [-0.25, -0.2) is 0 Å². The van der Waals surface area contributed by atoms with Crippen molar-refractivity contribution in [2.75, 3.05) is 0 Å². The standard InChI is InChI=1S/C11H20N2O/c1-4-9(3)11(14)6-10-7-12-13(5-2)8-10/h7-9,11,14H,4-6H2,1-3H3. The van der Waals surface area contributed by atoms with Gasteiger partial charge in [-0.2, -0.15) is 5.10 Å². The summed E-state index contributed by atoms with van der Waals surface area (Å²) in [6.45, 7) is 7.12. The summed E-state index contributed by atoms with van der Waals surface area (Å²) in [5.74, 6) is 0.361. The third-order valence-electron chi connectivity index (χ3n) is 2.76. The van der Waals surface area contributed by atoms with Crippen LogP contribution in [0.5, 0.6) is 0 Å². The molecule has 0 aliphatic rings. The van der Waals surface area contributed by atoms with Crippen molar-refractivity contribution in [2.45, 2.75) is 46.3 Å². The molecule has 0 amide bonds. The molecule has 14 heavy (non-hydrogen) atoms. The molecule has 2 atom stereocenters. The Bertz CT molecular complexity index is 270. The van der Waals surface area contributed by atoms with E-state index in [1.807, 2.05) is 17.1 Å². The summed E-state index contributed by atoms with van der Waals surface area (Å²) in [6.07, 6.45) is 5.34. The van der Waals surface area contributed by atoms with Crippen LogP contribution in [0.25, 0.3) is 0 Å². The molecule has 0 aliphatic carbocycles. The average Bonchev–Trinajstić information content (AvgIpc) is 2.64. The summed E-state index contributed by atoms with van der Waals surface area (Å²) in [5.41, 5.74) is 1.12. The van der Waals surface area contributed by atoms with E-state index in [0.717, 1.165) is 24.9 Å². The largest absolute Gasteiger partial charge is 0.393 e. The Morgan fingerprint density at radius 2 is 2.21 bits per heavy atom. The Labute approximate surface area is 85.8 Å². The maximum absolute atomic E-state index is 9.82. The average molecular weight is 196 g/mol. The SMILES string of the molecule is CCC(C)C(O)Cc1cnn(CC)c1. The molecular formula is C11H20N2O. The molecule has 3 heteroatoms. The number of rotatable bonds is 5. The van der Waals surface area contributed by atoms with Gasteiger partial charge >= 0.3 is 0 Å². The first kappa shape index (κ1) is 11.2. The molecule has 1 rings (SSSR count). The van der Waals surface area contributed by atoms with Crippen molar-refractivity contribution in [1.29, 1.82) is 0 Å². The number of hydrogen-bond acceptors (Lipinski definition) is 2. The van der Waals surface area contributed by atoms with Gasteiger partial charge in [-0.1, -0.05) is 20.3 Å². The van der Waals surface area contributed by atoms with Gasteiger partial charge in [0.2, 0.25) is 0 Å². The Balaban J connectivity index is 2.51. The van der Waals surface area contributed by atoms with Gasteiger partial charge in [-0.15, -0.1) is 0 Å². The fraction of sp³-hybridized carbons (Fsp3) is 0.727. The maximum atomic E-state index is 9.82. The molecule has 1 aromatic heterocycles. The molecule has 1 aromatic rings. The van der Waals surface area contributed by atoms with E-state index in [4.69, 9.17) is 0 Å². The van der Waals surface area contributed by atoms with Crippen LogP contribution in [0.3, 0.4) is 0 Å². The number of aliphatic hydroxyl groups excluding tert-OH is 1. The van der Waals surface area contributed by atoms with Crippen LogP contribution >= 0.6 is 0 Å². The fourth-order valence-corrected chi connectivity index (χ4v) is 1.40. The third-order valence-corrected chi connectivity index (χ3v) is 2.76. The minimum Gasteiger partial charge on any atom is -0.393 e. The lowest BCUT2D eigenvalue weighted by Gasteiger charge is -2.15. The predicted octanol–water partition coefficient (Wildman–Crippen LogP) is 1.85. The molecule has 0 aromatic carbocycles. The van der Waals surface area contributed by atoms with Crippen molar-refractivity contribution in [2.24, 2.45) is 5.92 Å². The molecule has 0 radical (unpaired) electrons. The summed E-state index contributed by atoms with van der Waals surface area (Å²) < 4.78 is 1.89. The molecule has 1 N–H and O–H groups in total. The van der Waals surface area contributed by atoms with Crippen LogP contribution in [0, 0.1) is 5.92 Å². The van der Waals surface area contributed by atoms with Gasteiger partial charge in [0.1, 0.15) is 0 Å². The van der Waals surface area contributed by atoms with Crippen LogP contribution < -0.4 is 0 Å². The highest BCUT2D eigenvalue weighted by molar-refractivity contribution is 5.05. The highest BCUT2D eigenvalue weighted by Crippen LogP contribution is 2.12. The van der Waals surface area contributed by atoms with Crippen LogP contribution in [0.1, 0.15) is 32.8 Å². The molecule has 2 unspecified atom stereocenters. The van der Waals surface area contributed by atoms with Gasteiger partial charge in [-0.3, -0.25) is 4.68 Å². The first-order valence-corrected chi connectivity index (χ1v) is 5.36. The third kappa shape index (κ3) is 2.84. The van der Waals surface area contributed by atoms with Crippen molar-refractivity contribution in [3.8, 4) is 0 Å². The lowest BCUT2D eigenvalue weighted by atomic mass is 9.97. The number of hydrogen-bond donors (Lipinski definition) is 1. The van der Waals surface area contributed by atoms with E-state index in [2.05, 4.69) is 25.9 Å². The minimum atomic E-state index is -0.241. The van der Waals surface area contributed by atoms with Crippen LogP contribution in [0.15, 0.2) is 12.4 Å². The van der Waals surface area contributed by atoms with Crippen molar-refractivity contribution in [3.63, 3.8) is 0 Å². The van der Waals surface area contributed by atoms with Gasteiger partial charge in [0.05, 0.1) is 12.3 Å². The van der Waals surface area contributed by atoms with E-state index >= 15 is 0 Å². The minimum absolute atomic E-state index is 0.241. The van der Waals surface area contributed by atoms with Crippen LogP contribution in [-0.4, -0.2) is 21.0 Å². The fourth-order valence-electron chi connectivity index (χ4n) is 1.40. The molecule has 0 bridgehead atoms. The number of nitrogens with zero attached hydrogens (tertiary/aromatic N) is 2. The van der Waals surface area contributed by atoms with Gasteiger partial charge in [0.15, 0.2) is 0 Å². The zero-order valence-electron chi connectivity index (χ0n) is 9.27. The quantitative estimate of drug-likeness (QED) is 0.780. The van der Waals surface area contributed by atoms with E-state index < -0.39 is 0 Å². The van der Waals surface area contributed by atoms with E-state index in [1.165, 1.54) is 0 Å². The summed E-state index contributed by atoms with van der Waals surface area (Å²) in [4.78, 5) is 0. The molecule has 1 heterocycles. The topological polar surface area (TPSA) is 38.1 Å². The van der Waals surface area contributed by atoms with Crippen LogP contribution in [0.2, 0.25) is 0 Å².